The van der Waals surface area contributed by atoms with Crippen LogP contribution in [0.1, 0.15) is 22.1 Å². The second-order valence-corrected chi connectivity index (χ2v) is 6.34. The van der Waals surface area contributed by atoms with E-state index in [4.69, 9.17) is 0 Å². The van der Waals surface area contributed by atoms with E-state index in [1.54, 1.807) is 0 Å². The molecule has 0 unspecified atom stereocenters. The number of aliphatic hydroxyl groups excluding tert-OH is 1. The van der Waals surface area contributed by atoms with Crippen molar-refractivity contribution in [3.05, 3.63) is 82.1 Å². The van der Waals surface area contributed by atoms with Gasteiger partial charge in [-0.25, -0.2) is 9.97 Å². The van der Waals surface area contributed by atoms with Crippen LogP contribution in [0, 0.1) is 6.92 Å². The zero-order valence-electron chi connectivity index (χ0n) is 13.0. The van der Waals surface area contributed by atoms with Gasteiger partial charge in [-0.3, -0.25) is 0 Å². The van der Waals surface area contributed by atoms with Crippen LogP contribution in [0.3, 0.4) is 0 Å². The van der Waals surface area contributed by atoms with E-state index in [1.807, 2.05) is 66.9 Å². The second kappa shape index (κ2) is 5.94. The molecule has 118 valence electrons. The number of thiazole rings is 1. The first-order valence-electron chi connectivity index (χ1n) is 7.58. The first-order valence-corrected chi connectivity index (χ1v) is 8.46. The number of aliphatic hydroxyl groups is 1. The monoisotopic (exact) mass is 333 g/mol. The molecule has 4 aromatic rings. The first-order chi connectivity index (χ1) is 11.7. The van der Waals surface area contributed by atoms with Crippen molar-refractivity contribution in [3.8, 4) is 0 Å². The smallest absolute Gasteiger partial charge is 0.145 e. The molecule has 4 nitrogen and oxygen atoms in total. The van der Waals surface area contributed by atoms with Crippen molar-refractivity contribution < 1.29 is 5.11 Å². The molecule has 4 rings (SSSR count). The summed E-state index contributed by atoms with van der Waals surface area (Å²) in [5, 5.41) is 13.6. The van der Waals surface area contributed by atoms with E-state index >= 15 is 0 Å². The lowest BCUT2D eigenvalue weighted by Gasteiger charge is -2.06. The number of nitrogens with one attached hydrogen (secondary N) is 1. The van der Waals surface area contributed by atoms with Crippen LogP contribution in [-0.4, -0.2) is 20.1 Å². The third kappa shape index (κ3) is 2.59. The van der Waals surface area contributed by atoms with Gasteiger partial charge in [0.1, 0.15) is 16.6 Å². The molecular weight excluding hydrogens is 318 g/mol. The Hall–Kier alpha value is -2.92. The fraction of sp³-hybridized carbons (Fsp3) is 0.0526. The van der Waals surface area contributed by atoms with E-state index in [9.17, 15) is 5.11 Å². The summed E-state index contributed by atoms with van der Waals surface area (Å²) in [6.45, 7) is 1.94. The number of hydrogen-bond donors (Lipinski definition) is 2. The molecule has 0 saturated carbocycles. The Morgan fingerprint density at radius 2 is 1.75 bits per heavy atom. The van der Waals surface area contributed by atoms with Gasteiger partial charge in [-0.2, -0.15) is 0 Å². The Balaban J connectivity index is 1.97. The minimum absolute atomic E-state index is 0.170. The van der Waals surface area contributed by atoms with Gasteiger partial charge in [-0.1, -0.05) is 42.5 Å². The van der Waals surface area contributed by atoms with Crippen LogP contribution in [0.4, 0.5) is 0 Å². The van der Waals surface area contributed by atoms with Crippen molar-refractivity contribution in [2.24, 2.45) is 0 Å². The minimum atomic E-state index is 0.170. The van der Waals surface area contributed by atoms with Crippen LogP contribution >= 0.6 is 11.3 Å². The zero-order valence-corrected chi connectivity index (χ0v) is 13.8. The Morgan fingerprint density at radius 3 is 2.46 bits per heavy atom. The highest BCUT2D eigenvalue weighted by atomic mass is 32.1. The third-order valence-electron chi connectivity index (χ3n) is 3.74. The number of imidazole rings is 1. The van der Waals surface area contributed by atoms with Gasteiger partial charge in [0.15, 0.2) is 0 Å². The number of fused-ring (bicyclic) bond motifs is 1. The lowest BCUT2D eigenvalue weighted by Crippen LogP contribution is -1.96. The molecule has 5 heteroatoms. The van der Waals surface area contributed by atoms with Gasteiger partial charge in [0, 0.05) is 16.6 Å². The van der Waals surface area contributed by atoms with Gasteiger partial charge >= 0.3 is 0 Å². The van der Waals surface area contributed by atoms with Gasteiger partial charge in [0.2, 0.25) is 0 Å². The van der Waals surface area contributed by atoms with Crippen LogP contribution < -0.4 is 0 Å². The number of rotatable bonds is 3. The van der Waals surface area contributed by atoms with Gasteiger partial charge in [0.25, 0.3) is 0 Å². The normalized spacial score (nSPS) is 12.4. The van der Waals surface area contributed by atoms with Crippen LogP contribution in [-0.2, 0) is 0 Å². The standard InChI is InChI=1S/C19H15N3OS/c1-12-11-24-19(20-12)16(17(23)13-7-3-2-4-8-13)18-21-14-9-5-6-10-15(14)22-18/h2-11,23H,1H3,(H,21,22)/b17-16+. The Morgan fingerprint density at radius 1 is 1.00 bits per heavy atom. The molecule has 0 amide bonds. The predicted octanol–water partition coefficient (Wildman–Crippen LogP) is 4.80. The summed E-state index contributed by atoms with van der Waals surface area (Å²) in [7, 11) is 0. The first kappa shape index (κ1) is 14.7. The molecule has 2 N–H and O–H groups in total. The number of H-pyrrole nitrogens is 1. The summed E-state index contributed by atoms with van der Waals surface area (Å²) in [4.78, 5) is 12.5. The van der Waals surface area contributed by atoms with E-state index in [0.29, 0.717) is 11.4 Å². The molecule has 0 saturated heterocycles. The van der Waals surface area contributed by atoms with Gasteiger partial charge in [-0.15, -0.1) is 11.3 Å². The Kier molecular flexibility index (Phi) is 3.63. The maximum atomic E-state index is 10.9. The van der Waals surface area contributed by atoms with Crippen molar-refractivity contribution in [2.45, 2.75) is 6.92 Å². The topological polar surface area (TPSA) is 61.8 Å². The Bertz CT molecular complexity index is 998. The summed E-state index contributed by atoms with van der Waals surface area (Å²) in [6.07, 6.45) is 0. The average molecular weight is 333 g/mol. The summed E-state index contributed by atoms with van der Waals surface area (Å²) in [6, 6.07) is 17.3. The largest absolute Gasteiger partial charge is 0.506 e. The van der Waals surface area contributed by atoms with Crippen LogP contribution in [0.5, 0.6) is 0 Å². The summed E-state index contributed by atoms with van der Waals surface area (Å²) < 4.78 is 0. The molecule has 24 heavy (non-hydrogen) atoms. The molecule has 2 aromatic heterocycles. The molecule has 0 aliphatic heterocycles. The summed E-state index contributed by atoms with van der Waals surface area (Å²) in [5.41, 5.74) is 4.07. The van der Waals surface area contributed by atoms with Gasteiger partial charge in [-0.05, 0) is 19.1 Å². The number of aryl methyl sites for hydroxylation is 1. The number of aromatic amines is 1. The maximum absolute atomic E-state index is 10.9. The molecule has 0 radical (unpaired) electrons. The van der Waals surface area contributed by atoms with Crippen molar-refractivity contribution in [3.63, 3.8) is 0 Å². The molecular formula is C19H15N3OS. The van der Waals surface area contributed by atoms with E-state index < -0.39 is 0 Å². The minimum Gasteiger partial charge on any atom is -0.506 e. The van der Waals surface area contributed by atoms with Gasteiger partial charge < -0.3 is 10.1 Å². The number of nitrogens with zero attached hydrogens (tertiary/aromatic N) is 2. The highest BCUT2D eigenvalue weighted by Gasteiger charge is 2.19. The SMILES string of the molecule is Cc1csc(/C(=C(/O)c2ccccc2)c2nc3ccccc3[nH]2)n1. The van der Waals surface area contributed by atoms with Crippen molar-refractivity contribution in [1.29, 1.82) is 0 Å². The lowest BCUT2D eigenvalue weighted by molar-refractivity contribution is 0.513. The molecule has 0 atom stereocenters. The molecule has 0 aliphatic carbocycles. The molecule has 0 spiro atoms. The van der Waals surface area contributed by atoms with Crippen LogP contribution in [0.25, 0.3) is 22.4 Å². The molecule has 2 heterocycles. The van der Waals surface area contributed by atoms with Crippen LogP contribution in [0.15, 0.2) is 60.0 Å². The van der Waals surface area contributed by atoms with E-state index in [2.05, 4.69) is 15.0 Å². The second-order valence-electron chi connectivity index (χ2n) is 5.49. The summed E-state index contributed by atoms with van der Waals surface area (Å²) >= 11 is 1.50. The highest BCUT2D eigenvalue weighted by molar-refractivity contribution is 7.11. The van der Waals surface area contributed by atoms with Crippen molar-refractivity contribution in [1.82, 2.24) is 15.0 Å². The maximum Gasteiger partial charge on any atom is 0.145 e. The van der Waals surface area contributed by atoms with Crippen molar-refractivity contribution >= 4 is 33.7 Å². The number of aromatic nitrogens is 3. The van der Waals surface area contributed by atoms with E-state index in [1.165, 1.54) is 11.3 Å². The van der Waals surface area contributed by atoms with E-state index in [0.717, 1.165) is 27.3 Å². The number of hydrogen-bond acceptors (Lipinski definition) is 4. The lowest BCUT2D eigenvalue weighted by atomic mass is 10.1. The Labute approximate surface area is 143 Å². The quantitative estimate of drug-likeness (QED) is 0.529. The molecule has 2 aromatic carbocycles. The molecule has 0 aliphatic rings. The van der Waals surface area contributed by atoms with Crippen molar-refractivity contribution in [2.75, 3.05) is 0 Å². The van der Waals surface area contributed by atoms with E-state index in [-0.39, 0.29) is 5.76 Å². The molecule has 0 fully saturated rings. The van der Waals surface area contributed by atoms with Crippen LogP contribution in [0.2, 0.25) is 0 Å². The highest BCUT2D eigenvalue weighted by Crippen LogP contribution is 2.32. The third-order valence-corrected chi connectivity index (χ3v) is 4.72. The molecule has 0 bridgehead atoms. The van der Waals surface area contributed by atoms with Gasteiger partial charge in [0.05, 0.1) is 16.6 Å². The fourth-order valence-corrected chi connectivity index (χ4v) is 3.44. The predicted molar refractivity (Wildman–Crippen MR) is 97.9 cm³/mol. The summed E-state index contributed by atoms with van der Waals surface area (Å²) in [5.74, 6) is 0.788. The number of benzene rings is 2. The average Bonchev–Trinajstić information content (AvgIpc) is 3.22. The zero-order chi connectivity index (χ0) is 16.5. The fourth-order valence-electron chi connectivity index (χ4n) is 2.60. The number of para-hydroxylation sites is 2.